The van der Waals surface area contributed by atoms with Gasteiger partial charge in [0.05, 0.1) is 4.90 Å². The molecule has 1 N–H and O–H groups in total. The van der Waals surface area contributed by atoms with Gasteiger partial charge in [-0.25, -0.2) is 8.42 Å². The van der Waals surface area contributed by atoms with Crippen LogP contribution in [0.1, 0.15) is 19.4 Å². The fraction of sp³-hybridized carbons (Fsp3) is 0.333. The van der Waals surface area contributed by atoms with Crippen LogP contribution in [0.4, 0.5) is 5.69 Å². The van der Waals surface area contributed by atoms with E-state index >= 15 is 0 Å². The molecule has 1 heterocycles. The first-order chi connectivity index (χ1) is 14.2. The number of hydrogen-bond acceptors (Lipinski definition) is 5. The number of nitrogens with one attached hydrogen (secondary N) is 1. The summed E-state index contributed by atoms with van der Waals surface area (Å²) in [5.41, 5.74) is 1.88. The van der Waals surface area contributed by atoms with E-state index in [2.05, 4.69) is 20.7 Å². The maximum atomic E-state index is 12.6. The molecule has 0 aromatic heterocycles. The Hall–Kier alpha value is -2.23. The van der Waals surface area contributed by atoms with E-state index in [-0.39, 0.29) is 16.7 Å². The smallest absolute Gasteiger partial charge is 0.324 e. The Balaban J connectivity index is 1.65. The molecule has 1 unspecified atom stereocenters. The van der Waals surface area contributed by atoms with Gasteiger partial charge in [0, 0.05) is 16.7 Å². The molecule has 7 nitrogen and oxygen atoms in total. The van der Waals surface area contributed by atoms with E-state index in [1.165, 1.54) is 12.1 Å². The molecule has 0 spiro atoms. The number of ether oxygens (including phenoxy) is 1. The van der Waals surface area contributed by atoms with E-state index in [0.29, 0.717) is 6.54 Å². The number of benzene rings is 2. The minimum Gasteiger partial charge on any atom is -0.454 e. The van der Waals surface area contributed by atoms with Crippen LogP contribution in [0.25, 0.3) is 0 Å². The van der Waals surface area contributed by atoms with Crippen LogP contribution >= 0.6 is 15.9 Å². The highest BCUT2D eigenvalue weighted by Gasteiger charge is 2.31. The summed E-state index contributed by atoms with van der Waals surface area (Å²) in [7, 11) is -3.93. The number of para-hydroxylation sites is 1. The second-order valence-corrected chi connectivity index (χ2v) is 9.96. The van der Waals surface area contributed by atoms with Gasteiger partial charge in [0.15, 0.2) is 6.61 Å². The number of amides is 1. The molecule has 1 atom stereocenters. The number of anilines is 1. The van der Waals surface area contributed by atoms with E-state index in [0.717, 1.165) is 22.1 Å². The van der Waals surface area contributed by atoms with Crippen LogP contribution in [0.2, 0.25) is 0 Å². The molecule has 2 aromatic carbocycles. The van der Waals surface area contributed by atoms with Gasteiger partial charge in [-0.1, -0.05) is 48.0 Å². The second-order valence-electron chi connectivity index (χ2n) is 7.33. The maximum Gasteiger partial charge on any atom is 0.324 e. The summed E-state index contributed by atoms with van der Waals surface area (Å²) in [5.74, 6) is -1.50. The van der Waals surface area contributed by atoms with Crippen LogP contribution in [0, 0.1) is 5.92 Å². The number of nitrogens with zero attached hydrogens (tertiary/aromatic N) is 1. The maximum absolute atomic E-state index is 12.6. The van der Waals surface area contributed by atoms with Crippen molar-refractivity contribution in [3.63, 3.8) is 0 Å². The predicted octanol–water partition coefficient (Wildman–Crippen LogP) is 2.88. The lowest BCUT2D eigenvalue weighted by atomic mass is 10.1. The average molecular weight is 495 g/mol. The molecule has 0 aliphatic carbocycles. The van der Waals surface area contributed by atoms with Gasteiger partial charge in [0.1, 0.15) is 6.04 Å². The Kier molecular flexibility index (Phi) is 6.95. The van der Waals surface area contributed by atoms with Gasteiger partial charge >= 0.3 is 5.97 Å². The van der Waals surface area contributed by atoms with E-state index < -0.39 is 28.6 Å². The van der Waals surface area contributed by atoms with Crippen molar-refractivity contribution in [2.24, 2.45) is 5.92 Å². The van der Waals surface area contributed by atoms with Crippen LogP contribution in [0.5, 0.6) is 0 Å². The van der Waals surface area contributed by atoms with Gasteiger partial charge in [0.2, 0.25) is 10.0 Å². The number of sulfonamides is 1. The molecule has 2 aromatic rings. The monoisotopic (exact) mass is 494 g/mol. The molecular weight excluding hydrogens is 472 g/mol. The predicted molar refractivity (Wildman–Crippen MR) is 117 cm³/mol. The van der Waals surface area contributed by atoms with Crippen molar-refractivity contribution in [2.45, 2.75) is 31.2 Å². The number of carbonyl (C=O) groups is 2. The number of fused-ring (bicyclic) bond motifs is 1. The zero-order valence-electron chi connectivity index (χ0n) is 16.7. The minimum atomic E-state index is -3.93. The molecule has 0 saturated heterocycles. The minimum absolute atomic E-state index is 0.0360. The molecule has 0 saturated carbocycles. The highest BCUT2D eigenvalue weighted by Crippen LogP contribution is 2.27. The molecule has 1 amide bonds. The Bertz CT molecular complexity index is 1040. The average Bonchev–Trinajstić information content (AvgIpc) is 3.14. The molecule has 1 aliphatic heterocycles. The van der Waals surface area contributed by atoms with Crippen molar-refractivity contribution in [1.29, 1.82) is 0 Å². The lowest BCUT2D eigenvalue weighted by Crippen LogP contribution is -2.46. The summed E-state index contributed by atoms with van der Waals surface area (Å²) in [6, 6.07) is 12.5. The standard InChI is InChI=1S/C21H23BrN2O5S/c1-14(2)20(23-30(27,28)17-9-7-16(22)8-10-17)21(26)29-13-19(25)24-12-11-15-5-3-4-6-18(15)24/h3-10,14,20,23H,11-13H2,1-2H3. The summed E-state index contributed by atoms with van der Waals surface area (Å²) < 4.78 is 33.6. The Labute approximate surface area is 184 Å². The normalized spacial score (nSPS) is 14.5. The van der Waals surface area contributed by atoms with Gasteiger partial charge < -0.3 is 9.64 Å². The topological polar surface area (TPSA) is 92.8 Å². The van der Waals surface area contributed by atoms with Crippen molar-refractivity contribution in [2.75, 3.05) is 18.1 Å². The SMILES string of the molecule is CC(C)C(NS(=O)(=O)c1ccc(Br)cc1)C(=O)OCC(=O)N1CCc2ccccc21. The summed E-state index contributed by atoms with van der Waals surface area (Å²) in [6.45, 7) is 3.49. The molecule has 0 radical (unpaired) electrons. The first-order valence-electron chi connectivity index (χ1n) is 9.52. The van der Waals surface area contributed by atoms with E-state index in [9.17, 15) is 18.0 Å². The van der Waals surface area contributed by atoms with Gasteiger partial charge in [-0.2, -0.15) is 4.72 Å². The summed E-state index contributed by atoms with van der Waals surface area (Å²) in [5, 5.41) is 0. The molecule has 1 aliphatic rings. The lowest BCUT2D eigenvalue weighted by Gasteiger charge is -2.22. The van der Waals surface area contributed by atoms with Crippen molar-refractivity contribution >= 4 is 43.5 Å². The Morgan fingerprint density at radius 1 is 1.13 bits per heavy atom. The third-order valence-electron chi connectivity index (χ3n) is 4.85. The molecule has 30 heavy (non-hydrogen) atoms. The molecular formula is C21H23BrN2O5S. The van der Waals surface area contributed by atoms with Gasteiger partial charge in [-0.15, -0.1) is 0 Å². The number of esters is 1. The molecule has 0 fully saturated rings. The van der Waals surface area contributed by atoms with Crippen LogP contribution in [-0.4, -0.2) is 39.5 Å². The van der Waals surface area contributed by atoms with Crippen molar-refractivity contribution in [3.8, 4) is 0 Å². The zero-order valence-corrected chi connectivity index (χ0v) is 19.1. The third kappa shape index (κ3) is 5.08. The molecule has 3 rings (SSSR count). The van der Waals surface area contributed by atoms with Crippen LogP contribution in [-0.2, 0) is 30.8 Å². The van der Waals surface area contributed by atoms with Crippen molar-refractivity contribution in [3.05, 3.63) is 58.6 Å². The lowest BCUT2D eigenvalue weighted by molar-refractivity contribution is -0.150. The van der Waals surface area contributed by atoms with Crippen molar-refractivity contribution < 1.29 is 22.7 Å². The van der Waals surface area contributed by atoms with E-state index in [1.807, 2.05) is 24.3 Å². The number of halogens is 1. The van der Waals surface area contributed by atoms with E-state index in [1.54, 1.807) is 30.9 Å². The second kappa shape index (κ2) is 9.28. The molecule has 0 bridgehead atoms. The highest BCUT2D eigenvalue weighted by atomic mass is 79.9. The fourth-order valence-corrected chi connectivity index (χ4v) is 4.80. The number of carbonyl (C=O) groups excluding carboxylic acids is 2. The van der Waals surface area contributed by atoms with Gasteiger partial charge in [0.25, 0.3) is 5.91 Å². The Morgan fingerprint density at radius 3 is 2.47 bits per heavy atom. The number of hydrogen-bond donors (Lipinski definition) is 1. The summed E-state index contributed by atoms with van der Waals surface area (Å²) >= 11 is 3.26. The van der Waals surface area contributed by atoms with Crippen LogP contribution in [0.15, 0.2) is 57.9 Å². The Morgan fingerprint density at radius 2 is 1.80 bits per heavy atom. The number of rotatable bonds is 7. The van der Waals surface area contributed by atoms with E-state index in [4.69, 9.17) is 4.74 Å². The summed E-state index contributed by atoms with van der Waals surface area (Å²) in [4.78, 5) is 26.8. The third-order valence-corrected chi connectivity index (χ3v) is 6.84. The molecule has 160 valence electrons. The fourth-order valence-electron chi connectivity index (χ4n) is 3.20. The van der Waals surface area contributed by atoms with Gasteiger partial charge in [-0.05, 0) is 48.2 Å². The first-order valence-corrected chi connectivity index (χ1v) is 11.8. The van der Waals surface area contributed by atoms with Crippen molar-refractivity contribution in [1.82, 2.24) is 4.72 Å². The quantitative estimate of drug-likeness (QED) is 0.597. The molecule has 9 heteroatoms. The zero-order chi connectivity index (χ0) is 21.9. The van der Waals surface area contributed by atoms with Gasteiger partial charge in [-0.3, -0.25) is 9.59 Å². The summed E-state index contributed by atoms with van der Waals surface area (Å²) in [6.07, 6.45) is 0.747. The first kappa shape index (κ1) is 22.5. The van der Waals surface area contributed by atoms with Crippen LogP contribution in [0.3, 0.4) is 0 Å². The largest absolute Gasteiger partial charge is 0.454 e. The van der Waals surface area contributed by atoms with Crippen LogP contribution < -0.4 is 9.62 Å². The highest BCUT2D eigenvalue weighted by molar-refractivity contribution is 9.10.